The van der Waals surface area contributed by atoms with Crippen molar-refractivity contribution in [1.82, 2.24) is 19.9 Å². The summed E-state index contributed by atoms with van der Waals surface area (Å²) in [4.78, 5) is 17.1. The molecule has 5 nitrogen and oxygen atoms in total. The summed E-state index contributed by atoms with van der Waals surface area (Å²) in [6.45, 7) is 0.616. The molecule has 1 aromatic carbocycles. The van der Waals surface area contributed by atoms with Crippen molar-refractivity contribution in [1.29, 1.82) is 0 Å². The fourth-order valence-corrected chi connectivity index (χ4v) is 3.34. The third-order valence-electron chi connectivity index (χ3n) is 5.21. The average Bonchev–Trinajstić information content (AvgIpc) is 3.63. The first-order valence-electron chi connectivity index (χ1n) is 9.29. The highest BCUT2D eigenvalue weighted by Crippen LogP contribution is 2.54. The lowest BCUT2D eigenvalue weighted by molar-refractivity contribution is 0.285. The largest absolute Gasteiger partial charge is 0.490 e. The predicted octanol–water partition coefficient (Wildman–Crippen LogP) is 4.13. The number of hydrogen-bond acceptors (Lipinski definition) is 5. The molecule has 6 heteroatoms. The Morgan fingerprint density at radius 1 is 0.926 bits per heavy atom. The van der Waals surface area contributed by atoms with Crippen LogP contribution in [0.4, 0.5) is 4.39 Å². The van der Waals surface area contributed by atoms with Crippen LogP contribution in [0.3, 0.4) is 0 Å². The van der Waals surface area contributed by atoms with Gasteiger partial charge in [0.15, 0.2) is 23.2 Å². The minimum Gasteiger partial charge on any atom is -0.490 e. The van der Waals surface area contributed by atoms with E-state index < -0.39 is 0 Å². The van der Waals surface area contributed by atoms with E-state index in [1.807, 2.05) is 24.5 Å². The molecule has 5 rings (SSSR count). The van der Waals surface area contributed by atoms with Gasteiger partial charge < -0.3 is 4.74 Å². The van der Waals surface area contributed by atoms with Crippen LogP contribution in [0.5, 0.6) is 5.75 Å². The molecule has 2 heterocycles. The molecule has 2 aliphatic rings. The molecule has 2 atom stereocenters. The summed E-state index contributed by atoms with van der Waals surface area (Å²) in [6.07, 6.45) is 10.4. The molecule has 2 saturated carbocycles. The van der Waals surface area contributed by atoms with Crippen molar-refractivity contribution in [3.63, 3.8) is 0 Å². The maximum Gasteiger partial charge on any atom is 0.197 e. The standard InChI is InChI=1S/C21H19FN4O/c22-18-5-4-14(8-19(18)27-12-13-2-3-13)16-9-17(16)15-10-25-21(26-11-15)20-23-6-1-7-24-20/h1,4-8,10-11,13,16-17H,2-3,9,12H2. The van der Waals surface area contributed by atoms with Gasteiger partial charge in [-0.05, 0) is 66.3 Å². The Balaban J connectivity index is 1.29. The van der Waals surface area contributed by atoms with Crippen molar-refractivity contribution in [2.45, 2.75) is 31.1 Å². The van der Waals surface area contributed by atoms with Gasteiger partial charge in [-0.3, -0.25) is 0 Å². The molecule has 0 aliphatic heterocycles. The molecule has 0 saturated heterocycles. The van der Waals surface area contributed by atoms with Crippen LogP contribution in [0.2, 0.25) is 0 Å². The highest BCUT2D eigenvalue weighted by atomic mass is 19.1. The molecule has 3 aromatic rings. The van der Waals surface area contributed by atoms with E-state index in [9.17, 15) is 4.39 Å². The van der Waals surface area contributed by atoms with Gasteiger partial charge in [0.2, 0.25) is 0 Å². The molecular weight excluding hydrogens is 343 g/mol. The van der Waals surface area contributed by atoms with E-state index in [2.05, 4.69) is 19.9 Å². The summed E-state index contributed by atoms with van der Waals surface area (Å²) in [5, 5.41) is 0. The SMILES string of the molecule is Fc1ccc(C2CC2c2cnc(-c3ncccn3)nc2)cc1OCC1CC1. The van der Waals surface area contributed by atoms with Crippen LogP contribution in [-0.2, 0) is 0 Å². The first kappa shape index (κ1) is 16.3. The van der Waals surface area contributed by atoms with Crippen LogP contribution in [-0.4, -0.2) is 26.5 Å². The molecule has 0 amide bonds. The van der Waals surface area contributed by atoms with Crippen LogP contribution in [0.25, 0.3) is 11.6 Å². The van der Waals surface area contributed by atoms with E-state index in [1.165, 1.54) is 18.9 Å². The number of rotatable bonds is 6. The molecule has 0 spiro atoms. The van der Waals surface area contributed by atoms with Gasteiger partial charge in [-0.1, -0.05) is 6.07 Å². The Kier molecular flexibility index (Phi) is 4.03. The second kappa shape index (κ2) is 6.68. The van der Waals surface area contributed by atoms with Gasteiger partial charge in [-0.15, -0.1) is 0 Å². The minimum absolute atomic E-state index is 0.285. The van der Waals surface area contributed by atoms with Crippen molar-refractivity contribution in [2.24, 2.45) is 5.92 Å². The zero-order chi connectivity index (χ0) is 18.2. The van der Waals surface area contributed by atoms with E-state index in [-0.39, 0.29) is 5.82 Å². The van der Waals surface area contributed by atoms with Gasteiger partial charge in [0.1, 0.15) is 0 Å². The fraction of sp³-hybridized carbons (Fsp3) is 0.333. The normalized spacial score (nSPS) is 21.1. The third kappa shape index (κ3) is 3.52. The quantitative estimate of drug-likeness (QED) is 0.660. The summed E-state index contributed by atoms with van der Waals surface area (Å²) in [5.74, 6) is 2.45. The lowest BCUT2D eigenvalue weighted by Crippen LogP contribution is -2.01. The Hall–Kier alpha value is -2.89. The van der Waals surface area contributed by atoms with Crippen molar-refractivity contribution in [2.75, 3.05) is 6.61 Å². The van der Waals surface area contributed by atoms with E-state index >= 15 is 0 Å². The Morgan fingerprint density at radius 2 is 1.63 bits per heavy atom. The maximum absolute atomic E-state index is 14.0. The number of halogens is 1. The summed E-state index contributed by atoms with van der Waals surface area (Å²) in [6, 6.07) is 6.99. The van der Waals surface area contributed by atoms with Crippen LogP contribution in [0.1, 0.15) is 42.2 Å². The van der Waals surface area contributed by atoms with Crippen molar-refractivity contribution in [3.8, 4) is 17.4 Å². The summed E-state index contributed by atoms with van der Waals surface area (Å²) in [5.41, 5.74) is 2.20. The third-order valence-corrected chi connectivity index (χ3v) is 5.21. The molecule has 27 heavy (non-hydrogen) atoms. The Bertz CT molecular complexity index is 944. The smallest absolute Gasteiger partial charge is 0.197 e. The van der Waals surface area contributed by atoms with Gasteiger partial charge in [-0.25, -0.2) is 24.3 Å². The summed E-state index contributed by atoms with van der Waals surface area (Å²) < 4.78 is 19.7. The predicted molar refractivity (Wildman–Crippen MR) is 97.8 cm³/mol. The van der Waals surface area contributed by atoms with Crippen molar-refractivity contribution >= 4 is 0 Å². The van der Waals surface area contributed by atoms with E-state index in [4.69, 9.17) is 4.74 Å². The number of benzene rings is 1. The summed E-state index contributed by atoms with van der Waals surface area (Å²) >= 11 is 0. The van der Waals surface area contributed by atoms with Gasteiger partial charge in [0.05, 0.1) is 6.61 Å². The number of hydrogen-bond donors (Lipinski definition) is 0. The molecule has 2 unspecified atom stereocenters. The molecule has 2 aliphatic carbocycles. The second-order valence-corrected chi connectivity index (χ2v) is 7.31. The highest BCUT2D eigenvalue weighted by Gasteiger charge is 2.40. The number of aromatic nitrogens is 4. The second-order valence-electron chi connectivity index (χ2n) is 7.31. The van der Waals surface area contributed by atoms with Crippen molar-refractivity contribution < 1.29 is 9.13 Å². The molecular formula is C21H19FN4O. The molecule has 2 aromatic heterocycles. The lowest BCUT2D eigenvalue weighted by atomic mass is 10.1. The molecule has 0 radical (unpaired) electrons. The van der Waals surface area contributed by atoms with Gasteiger partial charge >= 0.3 is 0 Å². The molecule has 2 fully saturated rings. The van der Waals surface area contributed by atoms with Gasteiger partial charge in [0, 0.05) is 24.8 Å². The lowest BCUT2D eigenvalue weighted by Gasteiger charge is -2.09. The minimum atomic E-state index is -0.285. The maximum atomic E-state index is 14.0. The fourth-order valence-electron chi connectivity index (χ4n) is 3.34. The monoisotopic (exact) mass is 362 g/mol. The van der Waals surface area contributed by atoms with Gasteiger partial charge in [-0.2, -0.15) is 0 Å². The average molecular weight is 362 g/mol. The van der Waals surface area contributed by atoms with E-state index in [1.54, 1.807) is 18.5 Å². The molecule has 0 N–H and O–H groups in total. The Labute approximate surface area is 156 Å². The zero-order valence-electron chi connectivity index (χ0n) is 14.8. The van der Waals surface area contributed by atoms with E-state index in [0.717, 1.165) is 17.5 Å². The van der Waals surface area contributed by atoms with Crippen molar-refractivity contribution in [3.05, 3.63) is 66.0 Å². The summed E-state index contributed by atoms with van der Waals surface area (Å²) in [7, 11) is 0. The van der Waals surface area contributed by atoms with Crippen LogP contribution < -0.4 is 4.74 Å². The topological polar surface area (TPSA) is 60.8 Å². The molecule has 0 bridgehead atoms. The molecule has 136 valence electrons. The first-order chi connectivity index (χ1) is 13.3. The first-order valence-corrected chi connectivity index (χ1v) is 9.29. The van der Waals surface area contributed by atoms with Gasteiger partial charge in [0.25, 0.3) is 0 Å². The Morgan fingerprint density at radius 3 is 2.37 bits per heavy atom. The number of ether oxygens (including phenoxy) is 1. The number of nitrogens with zero attached hydrogens (tertiary/aromatic N) is 4. The van der Waals surface area contributed by atoms with Crippen LogP contribution >= 0.6 is 0 Å². The highest BCUT2D eigenvalue weighted by molar-refractivity contribution is 5.44. The zero-order valence-corrected chi connectivity index (χ0v) is 14.8. The van der Waals surface area contributed by atoms with Crippen LogP contribution in [0.15, 0.2) is 49.1 Å². The van der Waals surface area contributed by atoms with Crippen LogP contribution in [0, 0.1) is 11.7 Å². The van der Waals surface area contributed by atoms with E-state index in [0.29, 0.717) is 41.8 Å².